The molecule has 0 heterocycles. The molecule has 0 amide bonds. The van der Waals surface area contributed by atoms with Crippen LogP contribution >= 0.6 is 15.9 Å². The summed E-state index contributed by atoms with van der Waals surface area (Å²) in [5.41, 5.74) is 4.96. The fourth-order valence-electron chi connectivity index (χ4n) is 1.81. The number of hydrogen-bond acceptors (Lipinski definition) is 4. The molecule has 1 rings (SSSR count). The Morgan fingerprint density at radius 1 is 1.44 bits per heavy atom. The van der Waals surface area contributed by atoms with Crippen molar-refractivity contribution >= 4 is 25.8 Å². The highest BCUT2D eigenvalue weighted by Crippen LogP contribution is 2.27. The molecule has 0 aliphatic rings. The molecule has 4 nitrogen and oxygen atoms in total. The van der Waals surface area contributed by atoms with Crippen LogP contribution in [0.2, 0.25) is 0 Å². The first-order chi connectivity index (χ1) is 8.33. The molecule has 0 saturated heterocycles. The Bertz CT molecular complexity index is 503. The highest BCUT2D eigenvalue weighted by molar-refractivity contribution is 9.10. The van der Waals surface area contributed by atoms with E-state index in [0.29, 0.717) is 12.8 Å². The molecule has 18 heavy (non-hydrogen) atoms. The third kappa shape index (κ3) is 5.06. The Hall–Kier alpha value is -0.430. The number of hydrogen-bond donors (Lipinski definition) is 2. The molecule has 1 aromatic rings. The van der Waals surface area contributed by atoms with Crippen molar-refractivity contribution in [1.82, 2.24) is 5.43 Å². The third-order valence-electron chi connectivity index (χ3n) is 2.74. The van der Waals surface area contributed by atoms with Crippen LogP contribution in [-0.4, -0.2) is 20.4 Å². The van der Waals surface area contributed by atoms with Crippen molar-refractivity contribution in [2.75, 3.05) is 12.0 Å². The van der Waals surface area contributed by atoms with Crippen molar-refractivity contribution in [2.45, 2.75) is 25.8 Å². The summed E-state index contributed by atoms with van der Waals surface area (Å²) >= 11 is 3.49. The molecule has 0 spiro atoms. The van der Waals surface area contributed by atoms with Crippen LogP contribution < -0.4 is 11.3 Å². The van der Waals surface area contributed by atoms with Crippen LogP contribution in [0.3, 0.4) is 0 Å². The van der Waals surface area contributed by atoms with Gasteiger partial charge in [-0.2, -0.15) is 0 Å². The summed E-state index contributed by atoms with van der Waals surface area (Å²) in [6, 6.07) is 6.00. The van der Waals surface area contributed by atoms with Crippen molar-refractivity contribution in [3.05, 3.63) is 33.8 Å². The summed E-state index contributed by atoms with van der Waals surface area (Å²) in [7, 11) is -2.91. The van der Waals surface area contributed by atoms with Gasteiger partial charge in [0.15, 0.2) is 0 Å². The van der Waals surface area contributed by atoms with Crippen molar-refractivity contribution in [2.24, 2.45) is 5.84 Å². The minimum absolute atomic E-state index is 0.0407. The summed E-state index contributed by atoms with van der Waals surface area (Å²) in [5.74, 6) is 5.74. The summed E-state index contributed by atoms with van der Waals surface area (Å²) in [5, 5.41) is 0. The van der Waals surface area contributed by atoms with Gasteiger partial charge in [-0.25, -0.2) is 8.42 Å². The zero-order valence-electron chi connectivity index (χ0n) is 10.6. The van der Waals surface area contributed by atoms with Crippen LogP contribution in [0.4, 0.5) is 0 Å². The number of aryl methyl sites for hydroxylation is 1. The third-order valence-corrected chi connectivity index (χ3v) is 4.49. The van der Waals surface area contributed by atoms with E-state index in [0.717, 1.165) is 15.6 Å². The van der Waals surface area contributed by atoms with E-state index in [9.17, 15) is 8.42 Å². The molecule has 1 atom stereocenters. The first-order valence-corrected chi connectivity index (χ1v) is 8.59. The zero-order chi connectivity index (χ0) is 13.8. The molecule has 0 fully saturated rings. The first kappa shape index (κ1) is 15.6. The van der Waals surface area contributed by atoms with Gasteiger partial charge in [0.1, 0.15) is 9.84 Å². The number of nitrogens with one attached hydrogen (secondary N) is 1. The van der Waals surface area contributed by atoms with Gasteiger partial charge in [-0.05, 0) is 31.4 Å². The van der Waals surface area contributed by atoms with Crippen molar-refractivity contribution in [1.29, 1.82) is 0 Å². The minimum Gasteiger partial charge on any atom is -0.271 e. The molecule has 1 aromatic carbocycles. The number of hydrazine groups is 1. The normalized spacial score (nSPS) is 13.6. The van der Waals surface area contributed by atoms with Gasteiger partial charge < -0.3 is 0 Å². The van der Waals surface area contributed by atoms with E-state index in [1.54, 1.807) is 0 Å². The Morgan fingerprint density at radius 3 is 2.67 bits per heavy atom. The molecule has 102 valence electrons. The van der Waals surface area contributed by atoms with E-state index >= 15 is 0 Å². The molecule has 3 N–H and O–H groups in total. The Balaban J connectivity index is 2.74. The number of nitrogens with two attached hydrogens (primary N) is 1. The van der Waals surface area contributed by atoms with Gasteiger partial charge in [-0.3, -0.25) is 11.3 Å². The molecule has 1 unspecified atom stereocenters. The average molecular weight is 335 g/mol. The fourth-order valence-corrected chi connectivity index (χ4v) is 3.02. The maximum Gasteiger partial charge on any atom is 0.147 e. The van der Waals surface area contributed by atoms with E-state index in [1.807, 2.05) is 19.1 Å². The van der Waals surface area contributed by atoms with Gasteiger partial charge in [0, 0.05) is 22.5 Å². The number of sulfone groups is 1. The monoisotopic (exact) mass is 334 g/mol. The molecule has 0 radical (unpaired) electrons. The molecular weight excluding hydrogens is 316 g/mol. The molecule has 0 aliphatic heterocycles. The average Bonchev–Trinajstić information content (AvgIpc) is 2.27. The summed E-state index contributed by atoms with van der Waals surface area (Å²) in [4.78, 5) is 0. The molecular formula is C12H19BrN2O2S. The Morgan fingerprint density at radius 2 is 2.11 bits per heavy atom. The van der Waals surface area contributed by atoms with Gasteiger partial charge in [-0.1, -0.05) is 33.6 Å². The number of benzene rings is 1. The fraction of sp³-hybridized carbons (Fsp3) is 0.500. The van der Waals surface area contributed by atoms with Gasteiger partial charge >= 0.3 is 0 Å². The SMILES string of the molecule is Cc1ccc(Br)c(C(CCCS(C)(=O)=O)NN)c1. The highest BCUT2D eigenvalue weighted by Gasteiger charge is 2.14. The second kappa shape index (κ2) is 6.65. The van der Waals surface area contributed by atoms with Crippen LogP contribution in [0.1, 0.15) is 30.0 Å². The van der Waals surface area contributed by atoms with E-state index in [-0.39, 0.29) is 11.8 Å². The maximum atomic E-state index is 11.1. The lowest BCUT2D eigenvalue weighted by Crippen LogP contribution is -2.28. The summed E-state index contributed by atoms with van der Waals surface area (Å²) in [6.45, 7) is 2.01. The highest BCUT2D eigenvalue weighted by atomic mass is 79.9. The van der Waals surface area contributed by atoms with Crippen LogP contribution in [-0.2, 0) is 9.84 Å². The largest absolute Gasteiger partial charge is 0.271 e. The minimum atomic E-state index is -2.91. The van der Waals surface area contributed by atoms with Crippen LogP contribution in [0, 0.1) is 6.92 Å². The van der Waals surface area contributed by atoms with Crippen LogP contribution in [0.25, 0.3) is 0 Å². The molecule has 6 heteroatoms. The second-order valence-corrected chi connectivity index (χ2v) is 7.63. The zero-order valence-corrected chi connectivity index (χ0v) is 13.0. The van der Waals surface area contributed by atoms with E-state index in [4.69, 9.17) is 5.84 Å². The second-order valence-electron chi connectivity index (χ2n) is 4.52. The Kier molecular flexibility index (Phi) is 5.78. The predicted molar refractivity (Wildman–Crippen MR) is 77.9 cm³/mol. The standard InChI is InChI=1S/C12H19BrN2O2S/c1-9-5-6-11(13)10(8-9)12(15-14)4-3-7-18(2,16)17/h5-6,8,12,15H,3-4,7,14H2,1-2H3. The van der Waals surface area contributed by atoms with Gasteiger partial charge in [0.05, 0.1) is 0 Å². The van der Waals surface area contributed by atoms with E-state index < -0.39 is 9.84 Å². The molecule has 0 aliphatic carbocycles. The van der Waals surface area contributed by atoms with Crippen molar-refractivity contribution < 1.29 is 8.42 Å². The van der Waals surface area contributed by atoms with Crippen molar-refractivity contribution in [3.8, 4) is 0 Å². The topological polar surface area (TPSA) is 72.2 Å². The maximum absolute atomic E-state index is 11.1. The smallest absolute Gasteiger partial charge is 0.147 e. The number of halogens is 1. The number of rotatable bonds is 6. The van der Waals surface area contributed by atoms with Gasteiger partial charge in [0.2, 0.25) is 0 Å². The predicted octanol–water partition coefficient (Wildman–Crippen LogP) is 2.09. The molecule has 0 bridgehead atoms. The summed E-state index contributed by atoms with van der Waals surface area (Å²) < 4.78 is 23.2. The van der Waals surface area contributed by atoms with Crippen LogP contribution in [0.15, 0.2) is 22.7 Å². The molecule has 0 aromatic heterocycles. The quantitative estimate of drug-likeness (QED) is 0.617. The first-order valence-electron chi connectivity index (χ1n) is 5.73. The molecule has 0 saturated carbocycles. The van der Waals surface area contributed by atoms with Crippen LogP contribution in [0.5, 0.6) is 0 Å². The van der Waals surface area contributed by atoms with Gasteiger partial charge in [0.25, 0.3) is 0 Å². The van der Waals surface area contributed by atoms with Gasteiger partial charge in [-0.15, -0.1) is 0 Å². The summed E-state index contributed by atoms with van der Waals surface area (Å²) in [6.07, 6.45) is 2.53. The lowest BCUT2D eigenvalue weighted by atomic mass is 10.0. The van der Waals surface area contributed by atoms with Crippen molar-refractivity contribution in [3.63, 3.8) is 0 Å². The lowest BCUT2D eigenvalue weighted by Gasteiger charge is -2.18. The lowest BCUT2D eigenvalue weighted by molar-refractivity contribution is 0.506. The van der Waals surface area contributed by atoms with E-state index in [2.05, 4.69) is 27.4 Å². The van der Waals surface area contributed by atoms with E-state index in [1.165, 1.54) is 6.26 Å². The Labute approximate surface area is 117 Å².